The molecule has 2 aliphatic carbocycles. The molecule has 2 aliphatic heterocycles. The summed E-state index contributed by atoms with van der Waals surface area (Å²) in [6.07, 6.45) is 0. The zero-order valence-corrected chi connectivity index (χ0v) is 52.8. The molecule has 20 rings (SSSR count). The molecule has 0 saturated heterocycles. The van der Waals surface area contributed by atoms with Crippen LogP contribution in [0.2, 0.25) is 0 Å². The van der Waals surface area contributed by atoms with Gasteiger partial charge in [-0.05, 0) is 126 Å². The first-order valence-corrected chi connectivity index (χ1v) is 33.3. The standard InChI is InChI=1S/C91H55N5O2/c1-3-19-61(20-4-1)86-94-87(62-21-5-2-6-22-62)96-88(95-86)63-45-41-58(42-46-63)64-48-51-74-70(53-64)68-50-47-65(55-79(68)91(74)77-28-12-17-33-83(77)98-84-34-18-13-29-78(84)91)59-37-35-56(36-38-59)57-39-43-60(44-40-57)85-69-24-8-14-30-80(69)92-89(93-85)66-49-52-73-71(54-66)67-23-7-9-25-72(67)90(73)75-26-10-15-31-81(75)97-82-32-16-11-27-76(82)90/h1-55H. The summed E-state index contributed by atoms with van der Waals surface area (Å²) >= 11 is 0. The Bertz CT molecular complexity index is 5780. The molecule has 98 heavy (non-hydrogen) atoms. The Labute approximate surface area is 566 Å². The lowest BCUT2D eigenvalue weighted by atomic mass is 9.66. The number of hydrogen-bond acceptors (Lipinski definition) is 7. The van der Waals surface area contributed by atoms with E-state index in [4.69, 9.17) is 34.4 Å². The fourth-order valence-electron chi connectivity index (χ4n) is 16.1. The van der Waals surface area contributed by atoms with Crippen LogP contribution >= 0.6 is 0 Å². The van der Waals surface area contributed by atoms with Crippen LogP contribution in [0, 0.1) is 0 Å². The molecule has 4 aliphatic rings. The van der Waals surface area contributed by atoms with Crippen LogP contribution in [0.15, 0.2) is 334 Å². The predicted molar refractivity (Wildman–Crippen MR) is 391 cm³/mol. The van der Waals surface area contributed by atoms with E-state index in [0.717, 1.165) is 123 Å². The number of nitrogens with zero attached hydrogens (tertiary/aromatic N) is 5. The molecule has 0 saturated carbocycles. The third kappa shape index (κ3) is 8.39. The minimum Gasteiger partial charge on any atom is -0.457 e. The fraction of sp³-hybridized carbons (Fsp3) is 0.0220. The maximum Gasteiger partial charge on any atom is 0.164 e. The van der Waals surface area contributed by atoms with E-state index in [1.165, 1.54) is 44.5 Å². The highest BCUT2D eigenvalue weighted by atomic mass is 16.5. The summed E-state index contributed by atoms with van der Waals surface area (Å²) in [5.41, 5.74) is 26.3. The van der Waals surface area contributed by atoms with Crippen molar-refractivity contribution in [3.05, 3.63) is 378 Å². The molecule has 0 N–H and O–H groups in total. The van der Waals surface area contributed by atoms with Gasteiger partial charge in [0, 0.05) is 55.5 Å². The summed E-state index contributed by atoms with van der Waals surface area (Å²) in [4.78, 5) is 25.7. The zero-order chi connectivity index (χ0) is 64.5. The first-order chi connectivity index (χ1) is 48.5. The van der Waals surface area contributed by atoms with E-state index in [1.807, 2.05) is 60.7 Å². The molecule has 16 aromatic rings. The minimum atomic E-state index is -0.653. The summed E-state index contributed by atoms with van der Waals surface area (Å²) in [6.45, 7) is 0. The quantitative estimate of drug-likeness (QED) is 0.150. The fourth-order valence-corrected chi connectivity index (χ4v) is 16.1. The monoisotopic (exact) mass is 1250 g/mol. The summed E-state index contributed by atoms with van der Waals surface area (Å²) in [6, 6.07) is 119. The second-order valence-corrected chi connectivity index (χ2v) is 25.7. The molecule has 0 radical (unpaired) electrons. The number of fused-ring (bicyclic) bond motifs is 19. The van der Waals surface area contributed by atoms with Crippen LogP contribution in [0.3, 0.4) is 0 Å². The van der Waals surface area contributed by atoms with Gasteiger partial charge in [-0.1, -0.05) is 285 Å². The van der Waals surface area contributed by atoms with Crippen molar-refractivity contribution < 1.29 is 9.47 Å². The van der Waals surface area contributed by atoms with E-state index in [9.17, 15) is 0 Å². The highest BCUT2D eigenvalue weighted by Gasteiger charge is 2.53. The number of rotatable bonds is 8. The van der Waals surface area contributed by atoms with Gasteiger partial charge in [-0.3, -0.25) is 0 Å². The number of hydrogen-bond donors (Lipinski definition) is 0. The Morgan fingerprint density at radius 3 is 1.06 bits per heavy atom. The van der Waals surface area contributed by atoms with Gasteiger partial charge in [0.25, 0.3) is 0 Å². The van der Waals surface area contributed by atoms with Gasteiger partial charge in [0.15, 0.2) is 23.3 Å². The maximum absolute atomic E-state index is 6.78. The summed E-state index contributed by atoms with van der Waals surface area (Å²) in [7, 11) is 0. The Hall–Kier alpha value is -13.0. The van der Waals surface area contributed by atoms with E-state index in [-0.39, 0.29) is 0 Å². The van der Waals surface area contributed by atoms with E-state index >= 15 is 0 Å². The van der Waals surface area contributed by atoms with Crippen molar-refractivity contribution in [2.24, 2.45) is 0 Å². The van der Waals surface area contributed by atoms with Crippen molar-refractivity contribution in [3.63, 3.8) is 0 Å². The number of benzene rings is 14. The smallest absolute Gasteiger partial charge is 0.164 e. The molecule has 456 valence electrons. The van der Waals surface area contributed by atoms with Gasteiger partial charge in [-0.15, -0.1) is 0 Å². The highest BCUT2D eigenvalue weighted by molar-refractivity contribution is 5.97. The lowest BCUT2D eigenvalue weighted by molar-refractivity contribution is 0.436. The van der Waals surface area contributed by atoms with Gasteiger partial charge in [0.2, 0.25) is 0 Å². The topological polar surface area (TPSA) is 82.9 Å². The molecule has 14 aromatic carbocycles. The van der Waals surface area contributed by atoms with E-state index < -0.39 is 10.8 Å². The Kier molecular flexibility index (Phi) is 12.3. The number of para-hydroxylation sites is 5. The molecule has 7 heteroatoms. The van der Waals surface area contributed by atoms with E-state index in [2.05, 4.69) is 273 Å². The van der Waals surface area contributed by atoms with Gasteiger partial charge < -0.3 is 9.47 Å². The molecular formula is C91H55N5O2. The van der Waals surface area contributed by atoms with Gasteiger partial charge in [0.05, 0.1) is 22.0 Å². The summed E-state index contributed by atoms with van der Waals surface area (Å²) < 4.78 is 13.4. The summed E-state index contributed by atoms with van der Waals surface area (Å²) in [5.74, 6) is 6.04. The second kappa shape index (κ2) is 21.8. The van der Waals surface area contributed by atoms with Gasteiger partial charge in [0.1, 0.15) is 23.0 Å². The summed E-state index contributed by atoms with van der Waals surface area (Å²) in [5, 5.41) is 1.00. The molecule has 4 heterocycles. The van der Waals surface area contributed by atoms with Gasteiger partial charge in [-0.25, -0.2) is 24.9 Å². The molecule has 7 nitrogen and oxygen atoms in total. The van der Waals surface area contributed by atoms with Crippen molar-refractivity contribution in [2.75, 3.05) is 0 Å². The van der Waals surface area contributed by atoms with Crippen LogP contribution < -0.4 is 9.47 Å². The van der Waals surface area contributed by atoms with Gasteiger partial charge >= 0.3 is 0 Å². The third-order valence-electron chi connectivity index (χ3n) is 20.5. The molecule has 0 atom stereocenters. The van der Waals surface area contributed by atoms with Crippen LogP contribution in [0.25, 0.3) is 123 Å². The molecule has 0 bridgehead atoms. The van der Waals surface area contributed by atoms with Crippen LogP contribution in [0.1, 0.15) is 44.5 Å². The normalized spacial score (nSPS) is 13.4. The van der Waals surface area contributed by atoms with E-state index in [0.29, 0.717) is 23.3 Å². The lowest BCUT2D eigenvalue weighted by Gasteiger charge is -2.39. The van der Waals surface area contributed by atoms with Crippen molar-refractivity contribution in [1.29, 1.82) is 0 Å². The Balaban J connectivity index is 0.635. The lowest BCUT2D eigenvalue weighted by Crippen LogP contribution is -2.32. The molecule has 2 aromatic heterocycles. The minimum absolute atomic E-state index is 0.551. The van der Waals surface area contributed by atoms with Crippen molar-refractivity contribution >= 4 is 10.9 Å². The molecule has 2 spiro atoms. The average molecular weight is 1250 g/mol. The highest BCUT2D eigenvalue weighted by Crippen LogP contribution is 2.64. The first kappa shape index (κ1) is 55.5. The number of ether oxygens (including phenoxy) is 2. The van der Waals surface area contributed by atoms with Gasteiger partial charge in [-0.2, -0.15) is 0 Å². The van der Waals surface area contributed by atoms with Crippen LogP contribution in [-0.2, 0) is 10.8 Å². The van der Waals surface area contributed by atoms with Crippen LogP contribution in [-0.4, -0.2) is 24.9 Å². The average Bonchev–Trinajstić information content (AvgIpc) is 1.50. The number of aromatic nitrogens is 5. The maximum atomic E-state index is 6.78. The van der Waals surface area contributed by atoms with Crippen molar-refractivity contribution in [2.45, 2.75) is 10.8 Å². The van der Waals surface area contributed by atoms with Crippen LogP contribution in [0.4, 0.5) is 0 Å². The Morgan fingerprint density at radius 2 is 0.531 bits per heavy atom. The second-order valence-electron chi connectivity index (χ2n) is 25.7. The largest absolute Gasteiger partial charge is 0.457 e. The molecule has 0 amide bonds. The molecule has 0 fully saturated rings. The van der Waals surface area contributed by atoms with Crippen LogP contribution in [0.5, 0.6) is 23.0 Å². The molecule has 0 unspecified atom stereocenters. The van der Waals surface area contributed by atoms with Crippen molar-refractivity contribution in [1.82, 2.24) is 24.9 Å². The zero-order valence-electron chi connectivity index (χ0n) is 52.8. The first-order valence-electron chi connectivity index (χ1n) is 33.3. The SMILES string of the molecule is c1ccc(-c2nc(-c3ccccc3)nc(-c3ccc(-c4ccc5c(c4)-c4ccc(-c6ccc(-c7ccc(-c8nc(-c9ccc%10c(c9)-c9ccccc9C%109c%10ccccc%10Oc%10ccccc%109)nc9ccccc89)cc7)cc6)cc4C54c5ccccc5Oc5ccccc54)cc3)n2)cc1. The Morgan fingerprint density at radius 1 is 0.194 bits per heavy atom. The molecular weight excluding hydrogens is 1200 g/mol. The predicted octanol–water partition coefficient (Wildman–Crippen LogP) is 22.1. The third-order valence-corrected chi connectivity index (χ3v) is 20.5. The van der Waals surface area contributed by atoms with E-state index in [1.54, 1.807) is 0 Å². The van der Waals surface area contributed by atoms with Crippen molar-refractivity contribution in [3.8, 4) is 135 Å².